The van der Waals surface area contributed by atoms with Crippen LogP contribution in [0.1, 0.15) is 18.1 Å². The van der Waals surface area contributed by atoms with Crippen LogP contribution in [-0.4, -0.2) is 35.9 Å². The predicted molar refractivity (Wildman–Crippen MR) is 85.9 cm³/mol. The SMILES string of the molecule is CN(C)C(=O)/C=C/c1ccc2c(c1)C(C)(CI)CO2. The van der Waals surface area contributed by atoms with E-state index in [1.165, 1.54) is 5.56 Å². The Morgan fingerprint density at radius 1 is 1.53 bits per heavy atom. The van der Waals surface area contributed by atoms with Crippen LogP contribution in [0.3, 0.4) is 0 Å². The number of benzene rings is 1. The quantitative estimate of drug-likeness (QED) is 0.465. The van der Waals surface area contributed by atoms with Gasteiger partial charge in [0, 0.05) is 35.6 Å². The zero-order valence-electron chi connectivity index (χ0n) is 11.4. The molecule has 1 heterocycles. The van der Waals surface area contributed by atoms with E-state index in [2.05, 4.69) is 35.6 Å². The van der Waals surface area contributed by atoms with Crippen molar-refractivity contribution in [2.45, 2.75) is 12.3 Å². The Morgan fingerprint density at radius 3 is 2.89 bits per heavy atom. The lowest BCUT2D eigenvalue weighted by Crippen LogP contribution is -2.25. The third-order valence-corrected chi connectivity index (χ3v) is 5.04. The summed E-state index contributed by atoms with van der Waals surface area (Å²) in [5.74, 6) is 0.962. The zero-order chi connectivity index (χ0) is 14.0. The number of ether oxygens (including phenoxy) is 1. The predicted octanol–water partition coefficient (Wildman–Crippen LogP) is 2.87. The van der Waals surface area contributed by atoms with Crippen LogP contribution in [0.5, 0.6) is 5.75 Å². The first-order chi connectivity index (χ1) is 8.96. The fourth-order valence-electron chi connectivity index (χ4n) is 1.99. The molecule has 1 aliphatic heterocycles. The normalized spacial score (nSPS) is 21.3. The van der Waals surface area contributed by atoms with Crippen LogP contribution < -0.4 is 4.74 Å². The van der Waals surface area contributed by atoms with Crippen molar-refractivity contribution in [2.24, 2.45) is 0 Å². The number of rotatable bonds is 3. The summed E-state index contributed by atoms with van der Waals surface area (Å²) in [6.07, 6.45) is 3.45. The average Bonchev–Trinajstić information content (AvgIpc) is 2.74. The lowest BCUT2D eigenvalue weighted by molar-refractivity contribution is -0.123. The first-order valence-corrected chi connectivity index (χ1v) is 7.71. The molecular formula is C15H18INO2. The highest BCUT2D eigenvalue weighted by Crippen LogP contribution is 2.40. The average molecular weight is 371 g/mol. The van der Waals surface area contributed by atoms with Gasteiger partial charge in [-0.15, -0.1) is 0 Å². The number of halogens is 1. The minimum absolute atomic E-state index is 0.00611. The van der Waals surface area contributed by atoms with Gasteiger partial charge in [-0.3, -0.25) is 4.79 Å². The Morgan fingerprint density at radius 2 is 2.26 bits per heavy atom. The molecule has 0 radical (unpaired) electrons. The maximum Gasteiger partial charge on any atom is 0.246 e. The Balaban J connectivity index is 2.27. The minimum Gasteiger partial charge on any atom is -0.492 e. The van der Waals surface area contributed by atoms with Crippen LogP contribution in [0.15, 0.2) is 24.3 Å². The molecule has 0 fully saturated rings. The minimum atomic E-state index is -0.00611. The molecular weight excluding hydrogens is 353 g/mol. The van der Waals surface area contributed by atoms with Gasteiger partial charge in [0.25, 0.3) is 0 Å². The van der Waals surface area contributed by atoms with E-state index in [1.807, 2.05) is 18.2 Å². The van der Waals surface area contributed by atoms with Gasteiger partial charge in [-0.2, -0.15) is 0 Å². The number of amides is 1. The molecule has 0 aromatic heterocycles. The number of carbonyl (C=O) groups is 1. The molecule has 4 heteroatoms. The van der Waals surface area contributed by atoms with Crippen molar-refractivity contribution in [2.75, 3.05) is 25.1 Å². The number of nitrogens with zero attached hydrogens (tertiary/aromatic N) is 1. The number of fused-ring (bicyclic) bond motifs is 1. The highest BCUT2D eigenvalue weighted by Gasteiger charge is 2.35. The first kappa shape index (κ1) is 14.4. The monoisotopic (exact) mass is 371 g/mol. The standard InChI is InChI=1S/C15H18INO2/c1-15(9-16)10-19-13-6-4-11(8-12(13)15)5-7-14(18)17(2)3/h4-8H,9-10H2,1-3H3/b7-5+. The third kappa shape index (κ3) is 2.94. The van der Waals surface area contributed by atoms with Crippen molar-refractivity contribution in [3.05, 3.63) is 35.4 Å². The van der Waals surface area contributed by atoms with E-state index >= 15 is 0 Å². The molecule has 1 aromatic carbocycles. The van der Waals surface area contributed by atoms with Gasteiger partial charge in [0.1, 0.15) is 5.75 Å². The molecule has 0 bridgehead atoms. The van der Waals surface area contributed by atoms with Gasteiger partial charge < -0.3 is 9.64 Å². The third-order valence-electron chi connectivity index (χ3n) is 3.35. The maximum absolute atomic E-state index is 11.5. The van der Waals surface area contributed by atoms with Crippen molar-refractivity contribution in [3.8, 4) is 5.75 Å². The van der Waals surface area contributed by atoms with E-state index < -0.39 is 0 Å². The Hall–Kier alpha value is -1.04. The van der Waals surface area contributed by atoms with Crippen LogP contribution >= 0.6 is 22.6 Å². The van der Waals surface area contributed by atoms with Gasteiger partial charge >= 0.3 is 0 Å². The number of hydrogen-bond acceptors (Lipinski definition) is 2. The largest absolute Gasteiger partial charge is 0.492 e. The van der Waals surface area contributed by atoms with Gasteiger partial charge in [0.05, 0.1) is 6.61 Å². The van der Waals surface area contributed by atoms with Crippen molar-refractivity contribution < 1.29 is 9.53 Å². The van der Waals surface area contributed by atoms with E-state index in [1.54, 1.807) is 25.1 Å². The van der Waals surface area contributed by atoms with Gasteiger partial charge in [0.2, 0.25) is 5.91 Å². The molecule has 0 spiro atoms. The van der Waals surface area contributed by atoms with E-state index in [0.29, 0.717) is 0 Å². The summed E-state index contributed by atoms with van der Waals surface area (Å²) in [5, 5.41) is 0. The van der Waals surface area contributed by atoms with Gasteiger partial charge in [-0.1, -0.05) is 35.6 Å². The lowest BCUT2D eigenvalue weighted by atomic mass is 9.86. The summed E-state index contributed by atoms with van der Waals surface area (Å²) < 4.78 is 6.74. The Labute approximate surface area is 127 Å². The summed E-state index contributed by atoms with van der Waals surface area (Å²) in [6, 6.07) is 6.10. The second-order valence-corrected chi connectivity index (χ2v) is 6.07. The van der Waals surface area contributed by atoms with Crippen LogP contribution in [0.4, 0.5) is 0 Å². The Bertz CT molecular complexity index is 525. The fraction of sp³-hybridized carbons (Fsp3) is 0.400. The van der Waals surface area contributed by atoms with Gasteiger partial charge in [-0.25, -0.2) is 0 Å². The van der Waals surface area contributed by atoms with E-state index in [0.717, 1.165) is 22.3 Å². The lowest BCUT2D eigenvalue weighted by Gasteiger charge is -2.19. The zero-order valence-corrected chi connectivity index (χ0v) is 13.6. The molecule has 3 nitrogen and oxygen atoms in total. The van der Waals surface area contributed by atoms with Gasteiger partial charge in [-0.05, 0) is 23.8 Å². The smallest absolute Gasteiger partial charge is 0.246 e. The van der Waals surface area contributed by atoms with E-state index in [-0.39, 0.29) is 11.3 Å². The van der Waals surface area contributed by atoms with Gasteiger partial charge in [0.15, 0.2) is 0 Å². The summed E-state index contributed by atoms with van der Waals surface area (Å²) in [7, 11) is 3.49. The van der Waals surface area contributed by atoms with Crippen molar-refractivity contribution in [3.63, 3.8) is 0 Å². The molecule has 102 valence electrons. The van der Waals surface area contributed by atoms with Crippen LogP contribution in [0.2, 0.25) is 0 Å². The highest BCUT2D eigenvalue weighted by molar-refractivity contribution is 14.1. The Kier molecular flexibility index (Phi) is 4.18. The summed E-state index contributed by atoms with van der Waals surface area (Å²) in [4.78, 5) is 13.1. The molecule has 0 saturated carbocycles. The fourth-order valence-corrected chi connectivity index (χ4v) is 2.62. The molecule has 19 heavy (non-hydrogen) atoms. The van der Waals surface area contributed by atoms with E-state index in [9.17, 15) is 4.79 Å². The highest BCUT2D eigenvalue weighted by atomic mass is 127. The molecule has 1 atom stereocenters. The van der Waals surface area contributed by atoms with Crippen LogP contribution in [0.25, 0.3) is 6.08 Å². The topological polar surface area (TPSA) is 29.5 Å². The molecule has 0 saturated heterocycles. The molecule has 0 aliphatic carbocycles. The molecule has 2 rings (SSSR count). The van der Waals surface area contributed by atoms with Crippen molar-refractivity contribution >= 4 is 34.6 Å². The number of hydrogen-bond donors (Lipinski definition) is 0. The molecule has 0 N–H and O–H groups in total. The van der Waals surface area contributed by atoms with E-state index in [4.69, 9.17) is 4.74 Å². The van der Waals surface area contributed by atoms with Crippen LogP contribution in [-0.2, 0) is 10.2 Å². The summed E-state index contributed by atoms with van der Waals surface area (Å²) in [6.45, 7) is 2.94. The second kappa shape index (κ2) is 5.53. The summed E-state index contributed by atoms with van der Waals surface area (Å²) in [5.41, 5.74) is 2.35. The molecule has 1 unspecified atom stereocenters. The van der Waals surface area contributed by atoms with Crippen LogP contribution in [0, 0.1) is 0 Å². The number of likely N-dealkylation sites (N-methyl/N-ethyl adjacent to an activating group) is 1. The maximum atomic E-state index is 11.5. The first-order valence-electron chi connectivity index (χ1n) is 6.19. The van der Waals surface area contributed by atoms with Crippen molar-refractivity contribution in [1.29, 1.82) is 0 Å². The summed E-state index contributed by atoms with van der Waals surface area (Å²) >= 11 is 2.40. The number of carbonyl (C=O) groups excluding carboxylic acids is 1. The molecule has 1 aliphatic rings. The molecule has 1 aromatic rings. The second-order valence-electron chi connectivity index (χ2n) is 5.30. The number of alkyl halides is 1. The molecule has 1 amide bonds. The van der Waals surface area contributed by atoms with Crippen molar-refractivity contribution in [1.82, 2.24) is 4.90 Å².